The second-order valence-electron chi connectivity index (χ2n) is 23.1. The van der Waals surface area contributed by atoms with Crippen LogP contribution >= 0.6 is 0 Å². The Morgan fingerprint density at radius 3 is 0.738 bits per heavy atom. The molecule has 2 heteroatoms. The van der Waals surface area contributed by atoms with Crippen LogP contribution in [0.1, 0.15) is 279 Å². The molecular formula is C82H98O2. The number of ether oxygens (including phenoxy) is 1. The van der Waals surface area contributed by atoms with Gasteiger partial charge in [-0.15, -0.1) is 0 Å². The molecule has 0 amide bonds. The summed E-state index contributed by atoms with van der Waals surface area (Å²) in [4.78, 5) is 0. The minimum absolute atomic E-state index is 0.377. The first-order valence-electron chi connectivity index (χ1n) is 33.0. The van der Waals surface area contributed by atoms with Crippen molar-refractivity contribution in [2.45, 2.75) is 234 Å². The largest absolute Gasteiger partial charge is 0.462 e. The van der Waals surface area contributed by atoms with E-state index in [4.69, 9.17) is 4.74 Å². The van der Waals surface area contributed by atoms with Gasteiger partial charge in [0.15, 0.2) is 12.0 Å². The van der Waals surface area contributed by atoms with Crippen molar-refractivity contribution >= 4 is 0 Å². The molecule has 0 aromatic heterocycles. The first-order valence-corrected chi connectivity index (χ1v) is 33.0. The highest BCUT2D eigenvalue weighted by Crippen LogP contribution is 2.35. The number of aliphatic hydroxyl groups is 1. The van der Waals surface area contributed by atoms with E-state index < -0.39 is 6.29 Å². The molecule has 0 spiro atoms. The average molecular weight is 1120 g/mol. The van der Waals surface area contributed by atoms with Crippen LogP contribution in [0.4, 0.5) is 0 Å². The lowest BCUT2D eigenvalue weighted by atomic mass is 9.89. The van der Waals surface area contributed by atoms with Gasteiger partial charge in [0.2, 0.25) is 0 Å². The predicted molar refractivity (Wildman–Crippen MR) is 359 cm³/mol. The van der Waals surface area contributed by atoms with Gasteiger partial charge in [0.1, 0.15) is 0 Å². The van der Waals surface area contributed by atoms with E-state index in [9.17, 15) is 5.11 Å². The second kappa shape index (κ2) is 39.4. The summed E-state index contributed by atoms with van der Waals surface area (Å²) in [6.07, 6.45) is 31.5. The summed E-state index contributed by atoms with van der Waals surface area (Å²) >= 11 is 0. The highest BCUT2D eigenvalue weighted by Gasteiger charge is 2.24. The van der Waals surface area contributed by atoms with E-state index in [1.54, 1.807) is 0 Å². The molecule has 0 aliphatic rings. The Kier molecular flexibility index (Phi) is 31.0. The maximum Gasteiger partial charge on any atom is 0.197 e. The quantitative estimate of drug-likeness (QED) is 0.0267. The zero-order valence-electron chi connectivity index (χ0n) is 52.5. The topological polar surface area (TPSA) is 29.5 Å². The van der Waals surface area contributed by atoms with E-state index in [-0.39, 0.29) is 0 Å². The number of benzene rings is 6. The first-order chi connectivity index (χ1) is 41.3. The number of rotatable bonds is 31. The van der Waals surface area contributed by atoms with Gasteiger partial charge < -0.3 is 9.84 Å². The standard InChI is InChI=1S/C82H98O2/c1-7-13-19-20-21-22-23-29-35-81(83)84-82-79(64-59-74-52-42-69(43-53-74)33-27-17-11-5)77(62-57-72-48-38-67(39-49-72)31-25-15-9-3)76(61-56-71-46-36-66(37-47-71)30-24-14-8-2)78(63-58-73-50-40-68(41-51-73)32-26-16-10-4)80(82)65-60-75-54-44-70(45-55-75)34-28-18-12-6/h36-55,81,83H,7-35H2,1-6H3. The van der Waals surface area contributed by atoms with Gasteiger partial charge in [0.25, 0.3) is 0 Å². The number of hydrogen-bond acceptors (Lipinski definition) is 2. The highest BCUT2D eigenvalue weighted by molar-refractivity contribution is 5.78. The summed E-state index contributed by atoms with van der Waals surface area (Å²) in [5.74, 6) is 36.6. The predicted octanol–water partition coefficient (Wildman–Crippen LogP) is 20.6. The molecule has 0 aliphatic heterocycles. The van der Waals surface area contributed by atoms with Gasteiger partial charge in [-0.05, 0) is 159 Å². The van der Waals surface area contributed by atoms with Crippen molar-refractivity contribution in [3.8, 4) is 65.0 Å². The lowest BCUT2D eigenvalue weighted by Crippen LogP contribution is -2.18. The number of aryl methyl sites for hydroxylation is 5. The monoisotopic (exact) mass is 1110 g/mol. The molecule has 0 fully saturated rings. The lowest BCUT2D eigenvalue weighted by Gasteiger charge is -2.20. The van der Waals surface area contributed by atoms with Crippen LogP contribution < -0.4 is 4.74 Å². The highest BCUT2D eigenvalue weighted by atomic mass is 16.6. The molecule has 6 aromatic carbocycles. The van der Waals surface area contributed by atoms with Crippen LogP contribution in [-0.2, 0) is 32.1 Å². The lowest BCUT2D eigenvalue weighted by molar-refractivity contribution is -0.0250. The fourth-order valence-corrected chi connectivity index (χ4v) is 10.4. The van der Waals surface area contributed by atoms with Crippen LogP contribution in [0.3, 0.4) is 0 Å². The summed E-state index contributed by atoms with van der Waals surface area (Å²) < 4.78 is 7.01. The van der Waals surface area contributed by atoms with Crippen LogP contribution in [0.25, 0.3) is 0 Å². The maximum absolute atomic E-state index is 12.2. The van der Waals surface area contributed by atoms with Crippen molar-refractivity contribution in [2.75, 3.05) is 0 Å². The average Bonchev–Trinajstić information content (AvgIpc) is 2.79. The van der Waals surface area contributed by atoms with Crippen molar-refractivity contribution in [1.82, 2.24) is 0 Å². The van der Waals surface area contributed by atoms with Gasteiger partial charge in [-0.3, -0.25) is 0 Å². The molecule has 0 aliphatic carbocycles. The zero-order chi connectivity index (χ0) is 59.2. The minimum Gasteiger partial charge on any atom is -0.462 e. The van der Waals surface area contributed by atoms with E-state index >= 15 is 0 Å². The van der Waals surface area contributed by atoms with Gasteiger partial charge in [0, 0.05) is 34.2 Å². The third kappa shape index (κ3) is 23.9. The van der Waals surface area contributed by atoms with Gasteiger partial charge >= 0.3 is 0 Å². The molecule has 1 unspecified atom stereocenters. The van der Waals surface area contributed by atoms with E-state index in [0.717, 1.165) is 111 Å². The zero-order valence-corrected chi connectivity index (χ0v) is 52.5. The van der Waals surface area contributed by atoms with Crippen molar-refractivity contribution in [1.29, 1.82) is 0 Å². The summed E-state index contributed by atoms with van der Waals surface area (Å²) in [5.41, 5.74) is 13.8. The normalized spacial score (nSPS) is 10.9. The van der Waals surface area contributed by atoms with Crippen molar-refractivity contribution in [3.63, 3.8) is 0 Å². The van der Waals surface area contributed by atoms with Gasteiger partial charge in [-0.1, -0.05) is 271 Å². The molecule has 0 saturated heterocycles. The third-order valence-electron chi connectivity index (χ3n) is 15.8. The SMILES string of the molecule is CCCCCCCCCCC(O)Oc1c(C#Cc2ccc(CCCCC)cc2)c(C#Cc2ccc(CCCCC)cc2)c(C#Cc2ccc(CCCCC)cc2)c(C#Cc2ccc(CCCCC)cc2)c1C#Cc1ccc(CCCCC)cc1. The summed E-state index contributed by atoms with van der Waals surface area (Å²) in [7, 11) is 0. The molecule has 0 heterocycles. The number of unbranched alkanes of at least 4 members (excludes halogenated alkanes) is 17. The minimum atomic E-state index is -1.13. The number of hydrogen-bond donors (Lipinski definition) is 1. The third-order valence-corrected chi connectivity index (χ3v) is 15.8. The van der Waals surface area contributed by atoms with Gasteiger partial charge in [-0.2, -0.15) is 0 Å². The van der Waals surface area contributed by atoms with E-state index in [1.807, 2.05) is 0 Å². The molecule has 6 rings (SSSR count). The molecular weight excluding hydrogens is 1020 g/mol. The number of aliphatic hydroxyl groups excluding tert-OH is 1. The molecule has 1 N–H and O–H groups in total. The van der Waals surface area contributed by atoms with Crippen molar-refractivity contribution < 1.29 is 9.84 Å². The smallest absolute Gasteiger partial charge is 0.197 e. The molecule has 2 nitrogen and oxygen atoms in total. The molecule has 6 aromatic rings. The Morgan fingerprint density at radius 1 is 0.262 bits per heavy atom. The van der Waals surface area contributed by atoms with Gasteiger partial charge in [0.05, 0.1) is 27.8 Å². The summed E-state index contributed by atoms with van der Waals surface area (Å²) in [6, 6.07) is 43.3. The van der Waals surface area contributed by atoms with Crippen molar-refractivity contribution in [2.24, 2.45) is 0 Å². The van der Waals surface area contributed by atoms with Crippen molar-refractivity contribution in [3.05, 3.63) is 205 Å². The fraction of sp³-hybridized carbons (Fsp3) is 0.439. The molecule has 0 bridgehead atoms. The fourth-order valence-electron chi connectivity index (χ4n) is 10.4. The Balaban J connectivity index is 1.66. The molecule has 438 valence electrons. The van der Waals surface area contributed by atoms with Crippen LogP contribution in [0, 0.1) is 59.2 Å². The van der Waals surface area contributed by atoms with Crippen LogP contribution in [0.2, 0.25) is 0 Å². The van der Waals surface area contributed by atoms with Crippen LogP contribution in [0.5, 0.6) is 5.75 Å². The summed E-state index contributed by atoms with van der Waals surface area (Å²) in [6.45, 7) is 13.5. The van der Waals surface area contributed by atoms with Gasteiger partial charge in [-0.25, -0.2) is 0 Å². The Morgan fingerprint density at radius 2 is 0.476 bits per heavy atom. The van der Waals surface area contributed by atoms with Crippen LogP contribution in [0.15, 0.2) is 121 Å². The van der Waals surface area contributed by atoms with E-state index in [1.165, 1.54) is 124 Å². The Bertz CT molecular complexity index is 3020. The maximum atomic E-state index is 12.2. The van der Waals surface area contributed by atoms with Crippen LogP contribution in [-0.4, -0.2) is 11.4 Å². The molecule has 84 heavy (non-hydrogen) atoms. The molecule has 0 saturated carbocycles. The van der Waals surface area contributed by atoms with E-state index in [0.29, 0.717) is 40.0 Å². The Hall–Kier alpha value is -7.12. The molecule has 0 radical (unpaired) electrons. The second-order valence-corrected chi connectivity index (χ2v) is 23.1. The Labute approximate surface area is 510 Å². The van der Waals surface area contributed by atoms with E-state index in [2.05, 4.69) is 222 Å². The first kappa shape index (κ1) is 66.0. The molecule has 1 atom stereocenters. The summed E-state index contributed by atoms with van der Waals surface area (Å²) in [5, 5.41) is 12.2.